The highest BCUT2D eigenvalue weighted by molar-refractivity contribution is 7.91. The van der Waals surface area contributed by atoms with Gasteiger partial charge >= 0.3 is 0 Å². The van der Waals surface area contributed by atoms with Crippen LogP contribution in [0.1, 0.15) is 12.8 Å². The highest BCUT2D eigenvalue weighted by atomic mass is 32.2. The molecule has 196 valence electrons. The molecule has 11 nitrogen and oxygen atoms in total. The summed E-state index contributed by atoms with van der Waals surface area (Å²) < 4.78 is 55.6. The largest absolute Gasteiger partial charge is 0.493 e. The average Bonchev–Trinajstić information content (AvgIpc) is 3.39. The van der Waals surface area contributed by atoms with Gasteiger partial charge in [-0.25, -0.2) is 8.42 Å². The van der Waals surface area contributed by atoms with Crippen LogP contribution in [0.4, 0.5) is 5.88 Å². The topological polar surface area (TPSA) is 143 Å². The van der Waals surface area contributed by atoms with E-state index in [0.717, 1.165) is 0 Å². The molecule has 0 spiro atoms. The number of anilines is 1. The van der Waals surface area contributed by atoms with Crippen LogP contribution in [0.25, 0.3) is 11.5 Å². The highest BCUT2D eigenvalue weighted by Gasteiger charge is 2.35. The minimum absolute atomic E-state index is 0.00261. The van der Waals surface area contributed by atoms with Crippen molar-refractivity contribution in [1.29, 1.82) is 0 Å². The van der Waals surface area contributed by atoms with Crippen LogP contribution in [-0.2, 0) is 14.6 Å². The number of carbonyl (C=O) groups is 1. The van der Waals surface area contributed by atoms with Crippen molar-refractivity contribution in [3.8, 4) is 34.5 Å². The summed E-state index contributed by atoms with van der Waals surface area (Å²) in [5.41, 5.74) is 5.99. The van der Waals surface area contributed by atoms with E-state index in [4.69, 9.17) is 29.1 Å². The fraction of sp³-hybridized carbons (Fsp3) is 0.360. The number of fused-ring (bicyclic) bond motifs is 1. The third-order valence-electron chi connectivity index (χ3n) is 6.47. The van der Waals surface area contributed by atoms with Gasteiger partial charge in [0.1, 0.15) is 13.2 Å². The molecule has 2 N–H and O–H groups in total. The molecule has 0 atom stereocenters. The first-order valence-corrected chi connectivity index (χ1v) is 13.2. The van der Waals surface area contributed by atoms with Crippen molar-refractivity contribution in [3.63, 3.8) is 0 Å². The zero-order chi connectivity index (χ0) is 26.2. The summed E-state index contributed by atoms with van der Waals surface area (Å²) in [6.45, 7) is 1.49. The van der Waals surface area contributed by atoms with E-state index >= 15 is 0 Å². The van der Waals surface area contributed by atoms with Gasteiger partial charge in [0.2, 0.25) is 32.5 Å². The predicted octanol–water partition coefficient (Wildman–Crippen LogP) is 2.66. The Morgan fingerprint density at radius 3 is 2.38 bits per heavy atom. The normalized spacial score (nSPS) is 15.9. The zero-order valence-electron chi connectivity index (χ0n) is 20.4. The minimum Gasteiger partial charge on any atom is -0.493 e. The summed E-state index contributed by atoms with van der Waals surface area (Å²) in [4.78, 5) is 17.9. The van der Waals surface area contributed by atoms with Crippen molar-refractivity contribution in [3.05, 3.63) is 36.4 Å². The molecular weight excluding hydrogens is 502 g/mol. The maximum Gasteiger partial charge on any atom is 0.236 e. The van der Waals surface area contributed by atoms with Crippen LogP contribution in [0.15, 0.2) is 50.7 Å². The van der Waals surface area contributed by atoms with Gasteiger partial charge in [-0.15, -0.1) is 0 Å². The first kappa shape index (κ1) is 24.8. The lowest BCUT2D eigenvalue weighted by Crippen LogP contribution is -2.38. The van der Waals surface area contributed by atoms with Gasteiger partial charge in [-0.05, 0) is 43.2 Å². The maximum atomic E-state index is 13.9. The van der Waals surface area contributed by atoms with E-state index in [0.29, 0.717) is 67.7 Å². The number of benzene rings is 2. The molecule has 1 saturated heterocycles. The number of rotatable bonds is 7. The van der Waals surface area contributed by atoms with Gasteiger partial charge in [0, 0.05) is 30.6 Å². The van der Waals surface area contributed by atoms with Crippen molar-refractivity contribution < 1.29 is 36.6 Å². The third kappa shape index (κ3) is 4.64. The Bertz CT molecular complexity index is 1430. The van der Waals surface area contributed by atoms with E-state index in [9.17, 15) is 13.2 Å². The van der Waals surface area contributed by atoms with Crippen molar-refractivity contribution >= 4 is 21.6 Å². The number of methoxy groups -OCH3 is 2. The molecule has 0 saturated carbocycles. The van der Waals surface area contributed by atoms with Crippen LogP contribution in [0, 0.1) is 5.92 Å². The fourth-order valence-corrected chi connectivity index (χ4v) is 5.77. The molecule has 1 aromatic heterocycles. The van der Waals surface area contributed by atoms with Gasteiger partial charge in [-0.1, -0.05) is 0 Å². The molecule has 1 amide bonds. The Morgan fingerprint density at radius 1 is 1.00 bits per heavy atom. The number of hydrogen-bond acceptors (Lipinski definition) is 10. The number of carbonyl (C=O) groups excluding carboxylic acids is 1. The van der Waals surface area contributed by atoms with E-state index in [1.165, 1.54) is 26.4 Å². The van der Waals surface area contributed by atoms with E-state index in [2.05, 4.69) is 4.98 Å². The molecule has 3 heterocycles. The summed E-state index contributed by atoms with van der Waals surface area (Å²) in [6, 6.07) is 9.50. The van der Waals surface area contributed by atoms with Crippen LogP contribution < -0.4 is 29.6 Å². The van der Waals surface area contributed by atoms with Crippen molar-refractivity contribution in [2.24, 2.45) is 11.7 Å². The quantitative estimate of drug-likeness (QED) is 0.485. The Hall–Kier alpha value is -3.93. The number of nitrogens with zero attached hydrogens (tertiary/aromatic N) is 2. The molecule has 0 radical (unpaired) electrons. The van der Waals surface area contributed by atoms with E-state index in [1.54, 1.807) is 29.2 Å². The molecule has 37 heavy (non-hydrogen) atoms. The van der Waals surface area contributed by atoms with Crippen molar-refractivity contribution in [1.82, 2.24) is 4.98 Å². The molecule has 2 aromatic carbocycles. The van der Waals surface area contributed by atoms with E-state index < -0.39 is 9.84 Å². The van der Waals surface area contributed by atoms with Gasteiger partial charge in [0.05, 0.1) is 19.1 Å². The number of ether oxygens (including phenoxy) is 4. The summed E-state index contributed by atoms with van der Waals surface area (Å²) in [5, 5.41) is -0.230. The number of nitrogens with two attached hydrogens (primary N) is 1. The van der Waals surface area contributed by atoms with Crippen LogP contribution in [-0.4, -0.2) is 59.8 Å². The first-order valence-electron chi connectivity index (χ1n) is 11.7. The first-order chi connectivity index (χ1) is 17.8. The second kappa shape index (κ2) is 9.85. The Labute approximate surface area is 214 Å². The number of amides is 1. The van der Waals surface area contributed by atoms with Gasteiger partial charge in [0.25, 0.3) is 0 Å². The molecule has 1 fully saturated rings. The average molecular weight is 530 g/mol. The fourth-order valence-electron chi connectivity index (χ4n) is 4.44. The molecule has 12 heteroatoms. The Morgan fingerprint density at radius 2 is 1.70 bits per heavy atom. The van der Waals surface area contributed by atoms with Crippen LogP contribution in [0.3, 0.4) is 0 Å². The maximum absolute atomic E-state index is 13.9. The van der Waals surface area contributed by atoms with Gasteiger partial charge in [-0.3, -0.25) is 4.79 Å². The summed E-state index contributed by atoms with van der Waals surface area (Å²) in [7, 11) is -1.10. The number of piperidine rings is 1. The van der Waals surface area contributed by atoms with E-state index in [1.807, 2.05) is 0 Å². The Kier molecular flexibility index (Phi) is 6.59. The SMILES string of the molecule is COc1ccc(-c2nc(S(=O)(=O)c3ccc4c(c3)OCCO4)c(N3CCC(C(N)=O)CC3)o2)cc1OC. The van der Waals surface area contributed by atoms with Crippen LogP contribution in [0.2, 0.25) is 0 Å². The summed E-state index contributed by atoms with van der Waals surface area (Å²) in [5.74, 6) is 1.33. The summed E-state index contributed by atoms with van der Waals surface area (Å²) in [6.07, 6.45) is 0.955. The van der Waals surface area contributed by atoms with Crippen LogP contribution >= 0.6 is 0 Å². The lowest BCUT2D eigenvalue weighted by Gasteiger charge is -2.30. The third-order valence-corrected chi connectivity index (χ3v) is 8.12. The number of sulfone groups is 1. The zero-order valence-corrected chi connectivity index (χ0v) is 21.2. The molecular formula is C25H27N3O8S. The van der Waals surface area contributed by atoms with Gasteiger partial charge < -0.3 is 34.0 Å². The second-order valence-corrected chi connectivity index (χ2v) is 10.5. The van der Waals surface area contributed by atoms with Crippen molar-refractivity contribution in [2.45, 2.75) is 22.8 Å². The standard InChI is InChI=1S/C25H27N3O8S/c1-32-18-5-3-16(13-20(18)33-2)23-27-24(25(36-23)28-9-7-15(8-10-28)22(26)29)37(30,31)17-4-6-19-21(14-17)35-12-11-34-19/h3-6,13-15H,7-12H2,1-2H3,(H2,26,29). The van der Waals surface area contributed by atoms with Gasteiger partial charge in [0.15, 0.2) is 23.0 Å². The monoisotopic (exact) mass is 529 g/mol. The molecule has 2 aliphatic heterocycles. The number of primary amides is 1. The number of hydrogen-bond donors (Lipinski definition) is 1. The predicted molar refractivity (Wildman–Crippen MR) is 132 cm³/mol. The lowest BCUT2D eigenvalue weighted by atomic mass is 9.96. The molecule has 5 rings (SSSR count). The smallest absolute Gasteiger partial charge is 0.236 e. The van der Waals surface area contributed by atoms with Crippen molar-refractivity contribution in [2.75, 3.05) is 45.4 Å². The Balaban J connectivity index is 1.59. The lowest BCUT2D eigenvalue weighted by molar-refractivity contribution is -0.122. The van der Waals surface area contributed by atoms with Gasteiger partial charge in [-0.2, -0.15) is 4.98 Å². The second-order valence-electron chi connectivity index (χ2n) is 8.67. The number of oxazole rings is 1. The molecule has 0 bridgehead atoms. The van der Waals surface area contributed by atoms with Crippen LogP contribution in [0.5, 0.6) is 23.0 Å². The summed E-state index contributed by atoms with van der Waals surface area (Å²) >= 11 is 0. The minimum atomic E-state index is -4.13. The molecule has 3 aromatic rings. The molecule has 0 aliphatic carbocycles. The number of aromatic nitrogens is 1. The molecule has 0 unspecified atom stereocenters. The highest BCUT2D eigenvalue weighted by Crippen LogP contribution is 2.40. The van der Waals surface area contributed by atoms with E-state index in [-0.39, 0.29) is 33.5 Å². The molecule has 2 aliphatic rings.